The SMILES string of the molecule is O=C(CC[C@H]1NC(=O)N(Cc2ccccc2)C1=O)NCc1ccc(F)cc1. The molecule has 1 heterocycles. The molecule has 0 aliphatic carbocycles. The van der Waals surface area contributed by atoms with Crippen molar-refractivity contribution in [2.24, 2.45) is 0 Å². The van der Waals surface area contributed by atoms with Gasteiger partial charge in [-0.05, 0) is 29.7 Å². The number of carbonyl (C=O) groups excluding carboxylic acids is 3. The van der Waals surface area contributed by atoms with Gasteiger partial charge >= 0.3 is 6.03 Å². The van der Waals surface area contributed by atoms with Gasteiger partial charge in [-0.1, -0.05) is 42.5 Å². The zero-order chi connectivity index (χ0) is 19.2. The van der Waals surface area contributed by atoms with Crippen molar-refractivity contribution in [1.82, 2.24) is 15.5 Å². The summed E-state index contributed by atoms with van der Waals surface area (Å²) >= 11 is 0. The summed E-state index contributed by atoms with van der Waals surface area (Å²) in [6.07, 6.45) is 0.335. The van der Waals surface area contributed by atoms with Gasteiger partial charge in [-0.25, -0.2) is 9.18 Å². The Bertz CT molecular complexity index is 824. The summed E-state index contributed by atoms with van der Waals surface area (Å²) in [6.45, 7) is 0.489. The molecule has 1 aliphatic heterocycles. The number of carbonyl (C=O) groups is 3. The number of rotatable bonds is 7. The van der Waals surface area contributed by atoms with Crippen LogP contribution in [0.15, 0.2) is 54.6 Å². The maximum Gasteiger partial charge on any atom is 0.325 e. The third kappa shape index (κ3) is 4.91. The number of imide groups is 1. The maximum atomic E-state index is 12.9. The van der Waals surface area contributed by atoms with E-state index in [1.165, 1.54) is 12.1 Å². The van der Waals surface area contributed by atoms with Crippen LogP contribution in [0.1, 0.15) is 24.0 Å². The minimum Gasteiger partial charge on any atom is -0.352 e. The Kier molecular flexibility index (Phi) is 5.80. The Hall–Kier alpha value is -3.22. The molecule has 2 aromatic carbocycles. The molecule has 0 aromatic heterocycles. The smallest absolute Gasteiger partial charge is 0.325 e. The van der Waals surface area contributed by atoms with Crippen molar-refractivity contribution < 1.29 is 18.8 Å². The van der Waals surface area contributed by atoms with E-state index in [9.17, 15) is 18.8 Å². The standard InChI is InChI=1S/C20H20FN3O3/c21-16-8-6-14(7-9-16)12-22-18(25)11-10-17-19(26)24(20(27)23-17)13-15-4-2-1-3-5-15/h1-9,17H,10-13H2,(H,22,25)(H,23,27)/t17-/m1/s1. The van der Waals surface area contributed by atoms with Crippen LogP contribution in [0.3, 0.4) is 0 Å². The number of benzene rings is 2. The van der Waals surface area contributed by atoms with Crippen LogP contribution in [0.5, 0.6) is 0 Å². The van der Waals surface area contributed by atoms with E-state index in [0.717, 1.165) is 16.0 Å². The summed E-state index contributed by atoms with van der Waals surface area (Å²) in [7, 11) is 0. The van der Waals surface area contributed by atoms with Gasteiger partial charge in [-0.3, -0.25) is 14.5 Å². The minimum absolute atomic E-state index is 0.108. The third-order valence-corrected chi connectivity index (χ3v) is 4.35. The van der Waals surface area contributed by atoms with Gasteiger partial charge in [-0.15, -0.1) is 0 Å². The van der Waals surface area contributed by atoms with E-state index < -0.39 is 12.1 Å². The van der Waals surface area contributed by atoms with Crippen molar-refractivity contribution in [1.29, 1.82) is 0 Å². The summed E-state index contributed by atoms with van der Waals surface area (Å²) in [4.78, 5) is 37.6. The van der Waals surface area contributed by atoms with E-state index in [4.69, 9.17) is 0 Å². The van der Waals surface area contributed by atoms with Gasteiger partial charge in [0.2, 0.25) is 5.91 Å². The van der Waals surface area contributed by atoms with Crippen molar-refractivity contribution >= 4 is 17.8 Å². The van der Waals surface area contributed by atoms with Crippen molar-refractivity contribution in [2.45, 2.75) is 32.0 Å². The fourth-order valence-corrected chi connectivity index (χ4v) is 2.85. The first-order valence-electron chi connectivity index (χ1n) is 8.70. The first kappa shape index (κ1) is 18.6. The lowest BCUT2D eigenvalue weighted by Crippen LogP contribution is -2.32. The molecule has 1 saturated heterocycles. The van der Waals surface area contributed by atoms with Crippen LogP contribution in [0.4, 0.5) is 9.18 Å². The van der Waals surface area contributed by atoms with Gasteiger partial charge < -0.3 is 10.6 Å². The van der Waals surface area contributed by atoms with Crippen LogP contribution in [0.2, 0.25) is 0 Å². The normalized spacial score (nSPS) is 16.3. The second-order valence-corrected chi connectivity index (χ2v) is 6.35. The quantitative estimate of drug-likeness (QED) is 0.736. The molecular formula is C20H20FN3O3. The van der Waals surface area contributed by atoms with Crippen LogP contribution in [0, 0.1) is 5.82 Å². The molecule has 1 fully saturated rings. The molecule has 0 bridgehead atoms. The van der Waals surface area contributed by atoms with Crippen LogP contribution in [-0.4, -0.2) is 28.8 Å². The fourth-order valence-electron chi connectivity index (χ4n) is 2.85. The molecule has 140 valence electrons. The molecule has 0 radical (unpaired) electrons. The minimum atomic E-state index is -0.696. The number of nitrogens with one attached hydrogen (secondary N) is 2. The zero-order valence-corrected chi connectivity index (χ0v) is 14.7. The Labute approximate surface area is 156 Å². The predicted octanol–water partition coefficient (Wildman–Crippen LogP) is 2.34. The van der Waals surface area contributed by atoms with Crippen molar-refractivity contribution in [3.8, 4) is 0 Å². The molecule has 4 amide bonds. The molecule has 0 unspecified atom stereocenters. The Morgan fingerprint density at radius 1 is 1.04 bits per heavy atom. The van der Waals surface area contributed by atoms with Crippen molar-refractivity contribution in [2.75, 3.05) is 0 Å². The summed E-state index contributed by atoms with van der Waals surface area (Å²) in [5.74, 6) is -0.890. The van der Waals surface area contributed by atoms with Gasteiger partial charge in [0, 0.05) is 13.0 Å². The van der Waals surface area contributed by atoms with Gasteiger partial charge in [0.25, 0.3) is 5.91 Å². The lowest BCUT2D eigenvalue weighted by atomic mass is 10.1. The second-order valence-electron chi connectivity index (χ2n) is 6.35. The molecule has 0 spiro atoms. The Balaban J connectivity index is 1.46. The lowest BCUT2D eigenvalue weighted by molar-refractivity contribution is -0.128. The molecular weight excluding hydrogens is 349 g/mol. The number of nitrogens with zero attached hydrogens (tertiary/aromatic N) is 1. The summed E-state index contributed by atoms with van der Waals surface area (Å²) in [6, 6.07) is 13.9. The van der Waals surface area contributed by atoms with Crippen LogP contribution >= 0.6 is 0 Å². The number of hydrogen-bond acceptors (Lipinski definition) is 3. The highest BCUT2D eigenvalue weighted by atomic mass is 19.1. The largest absolute Gasteiger partial charge is 0.352 e. The Morgan fingerprint density at radius 2 is 1.74 bits per heavy atom. The molecule has 7 heteroatoms. The number of amides is 4. The summed E-state index contributed by atoms with van der Waals surface area (Å²) < 4.78 is 12.9. The van der Waals surface area contributed by atoms with Gasteiger partial charge in [0.05, 0.1) is 6.54 Å². The van der Waals surface area contributed by atoms with E-state index in [-0.39, 0.29) is 43.6 Å². The van der Waals surface area contributed by atoms with Crippen LogP contribution < -0.4 is 10.6 Å². The number of halogens is 1. The molecule has 0 saturated carbocycles. The van der Waals surface area contributed by atoms with Gasteiger partial charge in [0.15, 0.2) is 0 Å². The topological polar surface area (TPSA) is 78.5 Å². The molecule has 1 atom stereocenters. The monoisotopic (exact) mass is 369 g/mol. The summed E-state index contributed by atoms with van der Waals surface area (Å²) in [5, 5.41) is 5.35. The predicted molar refractivity (Wildman–Crippen MR) is 96.8 cm³/mol. The Morgan fingerprint density at radius 3 is 2.44 bits per heavy atom. The molecule has 1 aliphatic rings. The molecule has 2 aromatic rings. The fraction of sp³-hybridized carbons (Fsp3) is 0.250. The summed E-state index contributed by atoms with van der Waals surface area (Å²) in [5.41, 5.74) is 1.64. The first-order valence-corrected chi connectivity index (χ1v) is 8.70. The molecule has 6 nitrogen and oxygen atoms in total. The highest BCUT2D eigenvalue weighted by molar-refractivity contribution is 6.04. The van der Waals surface area contributed by atoms with E-state index in [1.807, 2.05) is 30.3 Å². The second kappa shape index (κ2) is 8.44. The number of urea groups is 1. The zero-order valence-electron chi connectivity index (χ0n) is 14.7. The van der Waals surface area contributed by atoms with Crippen LogP contribution in [-0.2, 0) is 22.7 Å². The first-order chi connectivity index (χ1) is 13.0. The van der Waals surface area contributed by atoms with E-state index >= 15 is 0 Å². The molecule has 2 N–H and O–H groups in total. The molecule has 27 heavy (non-hydrogen) atoms. The third-order valence-electron chi connectivity index (χ3n) is 4.35. The average molecular weight is 369 g/mol. The van der Waals surface area contributed by atoms with Gasteiger partial charge in [0.1, 0.15) is 11.9 Å². The number of hydrogen-bond donors (Lipinski definition) is 2. The van der Waals surface area contributed by atoms with Crippen molar-refractivity contribution in [3.05, 3.63) is 71.5 Å². The molecule has 3 rings (SSSR count). The van der Waals surface area contributed by atoms with Crippen LogP contribution in [0.25, 0.3) is 0 Å². The van der Waals surface area contributed by atoms with Crippen molar-refractivity contribution in [3.63, 3.8) is 0 Å². The highest BCUT2D eigenvalue weighted by Crippen LogP contribution is 2.15. The average Bonchev–Trinajstić information content (AvgIpc) is 2.94. The van der Waals surface area contributed by atoms with E-state index in [0.29, 0.717) is 0 Å². The highest BCUT2D eigenvalue weighted by Gasteiger charge is 2.37. The van der Waals surface area contributed by atoms with E-state index in [1.54, 1.807) is 12.1 Å². The van der Waals surface area contributed by atoms with E-state index in [2.05, 4.69) is 10.6 Å². The lowest BCUT2D eigenvalue weighted by Gasteiger charge is -2.13. The maximum absolute atomic E-state index is 12.9. The van der Waals surface area contributed by atoms with Gasteiger partial charge in [-0.2, -0.15) is 0 Å².